The number of nitrogens with two attached hydrogens (primary N) is 1. The maximum atomic E-state index is 6.43. The normalized spacial score (nSPS) is 30.5. The number of rotatable bonds is 4. The molecule has 0 spiro atoms. The summed E-state index contributed by atoms with van der Waals surface area (Å²) in [4.78, 5) is 0. The van der Waals surface area contributed by atoms with Crippen LogP contribution >= 0.6 is 11.3 Å². The van der Waals surface area contributed by atoms with Crippen molar-refractivity contribution >= 4 is 11.3 Å². The molecule has 1 aliphatic carbocycles. The molecule has 0 aromatic carbocycles. The standard InChI is InChI=1S/C13H22N2S/c1-11-3-2-5-13(14,7-11)10-15-8-12-4-6-16-9-12/h4,6,9,11,15H,2-3,5,7-8,10,14H2,1H3. The number of hydrogen-bond donors (Lipinski definition) is 2. The molecule has 90 valence electrons. The summed E-state index contributed by atoms with van der Waals surface area (Å²) in [6.45, 7) is 4.23. The molecule has 0 bridgehead atoms. The highest BCUT2D eigenvalue weighted by atomic mass is 32.1. The number of hydrogen-bond acceptors (Lipinski definition) is 3. The molecule has 1 heterocycles. The van der Waals surface area contributed by atoms with E-state index in [1.807, 2.05) is 0 Å². The smallest absolute Gasteiger partial charge is 0.0283 e. The number of thiophene rings is 1. The summed E-state index contributed by atoms with van der Waals surface area (Å²) in [6.07, 6.45) is 4.99. The van der Waals surface area contributed by atoms with Gasteiger partial charge in [0.2, 0.25) is 0 Å². The Labute approximate surface area is 102 Å². The average Bonchev–Trinajstić information content (AvgIpc) is 2.69. The van der Waals surface area contributed by atoms with Gasteiger partial charge in [-0.15, -0.1) is 0 Å². The Morgan fingerprint density at radius 1 is 1.62 bits per heavy atom. The van der Waals surface area contributed by atoms with Gasteiger partial charge in [0.1, 0.15) is 0 Å². The molecule has 2 atom stereocenters. The molecule has 2 rings (SSSR count). The van der Waals surface area contributed by atoms with Crippen LogP contribution in [0.2, 0.25) is 0 Å². The fraction of sp³-hybridized carbons (Fsp3) is 0.692. The summed E-state index contributed by atoms with van der Waals surface area (Å²) in [6, 6.07) is 2.17. The lowest BCUT2D eigenvalue weighted by atomic mass is 9.77. The van der Waals surface area contributed by atoms with Crippen LogP contribution in [0.3, 0.4) is 0 Å². The van der Waals surface area contributed by atoms with Gasteiger partial charge in [-0.05, 0) is 41.1 Å². The minimum atomic E-state index is 0.0354. The highest BCUT2D eigenvalue weighted by molar-refractivity contribution is 7.07. The summed E-state index contributed by atoms with van der Waals surface area (Å²) < 4.78 is 0. The monoisotopic (exact) mass is 238 g/mol. The van der Waals surface area contributed by atoms with Crippen molar-refractivity contribution in [2.24, 2.45) is 11.7 Å². The zero-order chi connectivity index (χ0) is 11.4. The van der Waals surface area contributed by atoms with Crippen molar-refractivity contribution in [3.8, 4) is 0 Å². The SMILES string of the molecule is CC1CCCC(N)(CNCc2ccsc2)C1. The molecular weight excluding hydrogens is 216 g/mol. The first-order valence-corrected chi connectivity index (χ1v) is 7.13. The molecule has 3 heteroatoms. The first kappa shape index (κ1) is 12.1. The van der Waals surface area contributed by atoms with E-state index in [-0.39, 0.29) is 5.54 Å². The van der Waals surface area contributed by atoms with Crippen LogP contribution < -0.4 is 11.1 Å². The van der Waals surface area contributed by atoms with E-state index in [1.54, 1.807) is 11.3 Å². The highest BCUT2D eigenvalue weighted by Crippen LogP contribution is 2.29. The Morgan fingerprint density at radius 2 is 2.50 bits per heavy atom. The summed E-state index contributed by atoms with van der Waals surface area (Å²) in [5.41, 5.74) is 7.84. The van der Waals surface area contributed by atoms with Crippen molar-refractivity contribution in [2.45, 2.75) is 44.7 Å². The molecule has 1 aromatic rings. The minimum absolute atomic E-state index is 0.0354. The third-order valence-corrected chi connectivity index (χ3v) is 4.24. The topological polar surface area (TPSA) is 38.0 Å². The quantitative estimate of drug-likeness (QED) is 0.846. The molecule has 0 aliphatic heterocycles. The molecule has 0 radical (unpaired) electrons. The van der Waals surface area contributed by atoms with E-state index >= 15 is 0 Å². The van der Waals surface area contributed by atoms with Crippen molar-refractivity contribution in [2.75, 3.05) is 6.54 Å². The third kappa shape index (κ3) is 3.30. The molecule has 16 heavy (non-hydrogen) atoms. The Bertz CT molecular complexity index is 310. The average molecular weight is 238 g/mol. The molecule has 1 fully saturated rings. The van der Waals surface area contributed by atoms with E-state index in [9.17, 15) is 0 Å². The zero-order valence-electron chi connectivity index (χ0n) is 10.0. The van der Waals surface area contributed by atoms with Crippen LogP contribution in [0, 0.1) is 5.92 Å². The van der Waals surface area contributed by atoms with E-state index in [0.717, 1.165) is 19.0 Å². The maximum Gasteiger partial charge on any atom is 0.0283 e. The van der Waals surface area contributed by atoms with Crippen LogP contribution in [0.15, 0.2) is 16.8 Å². The van der Waals surface area contributed by atoms with Gasteiger partial charge < -0.3 is 11.1 Å². The fourth-order valence-corrected chi connectivity index (χ4v) is 3.38. The predicted molar refractivity (Wildman–Crippen MR) is 70.6 cm³/mol. The number of nitrogens with one attached hydrogen (secondary N) is 1. The second-order valence-electron chi connectivity index (χ2n) is 5.30. The largest absolute Gasteiger partial charge is 0.324 e. The molecule has 1 aliphatic rings. The zero-order valence-corrected chi connectivity index (χ0v) is 10.9. The van der Waals surface area contributed by atoms with Crippen LogP contribution in [-0.2, 0) is 6.54 Å². The van der Waals surface area contributed by atoms with Crippen LogP contribution in [0.1, 0.15) is 38.2 Å². The van der Waals surface area contributed by atoms with E-state index < -0.39 is 0 Å². The lowest BCUT2D eigenvalue weighted by Crippen LogP contribution is -2.51. The van der Waals surface area contributed by atoms with Gasteiger partial charge in [-0.3, -0.25) is 0 Å². The summed E-state index contributed by atoms with van der Waals surface area (Å²) >= 11 is 1.75. The Morgan fingerprint density at radius 3 is 3.19 bits per heavy atom. The van der Waals surface area contributed by atoms with Crippen LogP contribution in [0.5, 0.6) is 0 Å². The van der Waals surface area contributed by atoms with Gasteiger partial charge >= 0.3 is 0 Å². The van der Waals surface area contributed by atoms with E-state index in [1.165, 1.54) is 31.2 Å². The fourth-order valence-electron chi connectivity index (χ4n) is 2.71. The second kappa shape index (κ2) is 5.30. The summed E-state index contributed by atoms with van der Waals surface area (Å²) in [5, 5.41) is 7.82. The molecular formula is C13H22N2S. The van der Waals surface area contributed by atoms with Crippen LogP contribution in [-0.4, -0.2) is 12.1 Å². The molecule has 1 saturated carbocycles. The highest BCUT2D eigenvalue weighted by Gasteiger charge is 2.30. The molecule has 3 N–H and O–H groups in total. The summed E-state index contributed by atoms with van der Waals surface area (Å²) in [7, 11) is 0. The minimum Gasteiger partial charge on any atom is -0.324 e. The molecule has 2 nitrogen and oxygen atoms in total. The molecule has 1 aromatic heterocycles. The third-order valence-electron chi connectivity index (χ3n) is 3.51. The van der Waals surface area contributed by atoms with Gasteiger partial charge in [-0.25, -0.2) is 0 Å². The van der Waals surface area contributed by atoms with Gasteiger partial charge in [0.05, 0.1) is 0 Å². The van der Waals surface area contributed by atoms with E-state index in [0.29, 0.717) is 0 Å². The van der Waals surface area contributed by atoms with Gasteiger partial charge in [0, 0.05) is 18.6 Å². The lowest BCUT2D eigenvalue weighted by molar-refractivity contribution is 0.229. The van der Waals surface area contributed by atoms with Crippen LogP contribution in [0.4, 0.5) is 0 Å². The van der Waals surface area contributed by atoms with Crippen molar-refractivity contribution in [1.82, 2.24) is 5.32 Å². The second-order valence-corrected chi connectivity index (χ2v) is 6.08. The van der Waals surface area contributed by atoms with Gasteiger partial charge in [0.15, 0.2) is 0 Å². The van der Waals surface area contributed by atoms with Gasteiger partial charge in [-0.2, -0.15) is 11.3 Å². The van der Waals surface area contributed by atoms with Crippen molar-refractivity contribution in [3.05, 3.63) is 22.4 Å². The van der Waals surface area contributed by atoms with Crippen LogP contribution in [0.25, 0.3) is 0 Å². The maximum absolute atomic E-state index is 6.43. The summed E-state index contributed by atoms with van der Waals surface area (Å²) in [5.74, 6) is 0.793. The Hall–Kier alpha value is -0.380. The van der Waals surface area contributed by atoms with Crippen molar-refractivity contribution in [1.29, 1.82) is 0 Å². The van der Waals surface area contributed by atoms with Gasteiger partial charge in [0.25, 0.3) is 0 Å². The molecule has 2 unspecified atom stereocenters. The predicted octanol–water partition coefficient (Wildman–Crippen LogP) is 2.75. The van der Waals surface area contributed by atoms with Gasteiger partial charge in [-0.1, -0.05) is 19.8 Å². The Kier molecular flexibility index (Phi) is 4.00. The van der Waals surface area contributed by atoms with Crippen molar-refractivity contribution in [3.63, 3.8) is 0 Å². The Balaban J connectivity index is 1.76. The van der Waals surface area contributed by atoms with E-state index in [2.05, 4.69) is 29.1 Å². The first-order chi connectivity index (χ1) is 7.68. The lowest BCUT2D eigenvalue weighted by Gasteiger charge is -2.37. The van der Waals surface area contributed by atoms with Crippen molar-refractivity contribution < 1.29 is 0 Å². The molecule has 0 amide bonds. The molecule has 0 saturated heterocycles. The first-order valence-electron chi connectivity index (χ1n) is 6.19. The van der Waals surface area contributed by atoms with E-state index in [4.69, 9.17) is 5.73 Å².